The van der Waals surface area contributed by atoms with Gasteiger partial charge in [-0.25, -0.2) is 0 Å². The number of ether oxygens (including phenoxy) is 2. The summed E-state index contributed by atoms with van der Waals surface area (Å²) in [5.74, 6) is 8.13. The van der Waals surface area contributed by atoms with Gasteiger partial charge in [-0.3, -0.25) is 0 Å². The largest absolute Gasteiger partial charge is 0.497 e. The van der Waals surface area contributed by atoms with Crippen LogP contribution in [0, 0.1) is 11.8 Å². The quantitative estimate of drug-likeness (QED) is 0.656. The molecule has 3 aromatic rings. The molecule has 0 radical (unpaired) electrons. The van der Waals surface area contributed by atoms with Gasteiger partial charge in [0.2, 0.25) is 0 Å². The first kappa shape index (κ1) is 15.0. The van der Waals surface area contributed by atoms with Crippen LogP contribution in [0.3, 0.4) is 0 Å². The molecule has 0 N–H and O–H groups in total. The molecule has 3 aromatic carbocycles. The van der Waals surface area contributed by atoms with E-state index in [-0.39, 0.29) is 0 Å². The zero-order chi connectivity index (χ0) is 16.1. The minimum Gasteiger partial charge on any atom is -0.497 e. The normalized spacial score (nSPS) is 10.0. The Morgan fingerprint density at radius 1 is 0.739 bits per heavy atom. The number of hydrogen-bond donors (Lipinski definition) is 0. The number of rotatable bonds is 3. The van der Waals surface area contributed by atoms with Crippen LogP contribution in [0.1, 0.15) is 18.1 Å². The summed E-state index contributed by atoms with van der Waals surface area (Å²) in [5, 5.41) is 2.32. The molecule has 0 saturated heterocycles. The third kappa shape index (κ3) is 3.64. The molecule has 0 spiro atoms. The van der Waals surface area contributed by atoms with Crippen LogP contribution in [0.25, 0.3) is 10.8 Å². The van der Waals surface area contributed by atoms with Crippen LogP contribution in [0.2, 0.25) is 0 Å². The highest BCUT2D eigenvalue weighted by Crippen LogP contribution is 2.22. The Kier molecular flexibility index (Phi) is 4.49. The van der Waals surface area contributed by atoms with E-state index >= 15 is 0 Å². The van der Waals surface area contributed by atoms with E-state index in [9.17, 15) is 0 Å². The van der Waals surface area contributed by atoms with E-state index < -0.39 is 0 Å². The molecule has 0 aliphatic carbocycles. The van der Waals surface area contributed by atoms with Gasteiger partial charge in [-0.15, -0.1) is 0 Å². The third-order valence-corrected chi connectivity index (χ3v) is 3.56. The Balaban J connectivity index is 1.86. The van der Waals surface area contributed by atoms with Gasteiger partial charge in [-0.1, -0.05) is 24.0 Å². The smallest absolute Gasteiger partial charge is 0.119 e. The van der Waals surface area contributed by atoms with E-state index in [1.54, 1.807) is 7.11 Å². The van der Waals surface area contributed by atoms with E-state index in [0.717, 1.165) is 33.4 Å². The van der Waals surface area contributed by atoms with Gasteiger partial charge < -0.3 is 9.47 Å². The lowest BCUT2D eigenvalue weighted by molar-refractivity contribution is 0.341. The summed E-state index contributed by atoms with van der Waals surface area (Å²) in [4.78, 5) is 0. The van der Waals surface area contributed by atoms with Crippen LogP contribution in [0.5, 0.6) is 11.5 Å². The van der Waals surface area contributed by atoms with E-state index in [0.29, 0.717) is 6.61 Å². The third-order valence-electron chi connectivity index (χ3n) is 3.56. The molecule has 0 unspecified atom stereocenters. The predicted molar refractivity (Wildman–Crippen MR) is 94.1 cm³/mol. The minimum atomic E-state index is 0.678. The van der Waals surface area contributed by atoms with Crippen molar-refractivity contribution in [3.8, 4) is 23.3 Å². The van der Waals surface area contributed by atoms with Gasteiger partial charge in [0, 0.05) is 11.1 Å². The highest BCUT2D eigenvalue weighted by molar-refractivity contribution is 5.85. The molecule has 0 amide bonds. The van der Waals surface area contributed by atoms with Crippen molar-refractivity contribution >= 4 is 10.8 Å². The minimum absolute atomic E-state index is 0.678. The molecule has 0 saturated carbocycles. The number of fused-ring (bicyclic) bond motifs is 1. The second-order valence-electron chi connectivity index (χ2n) is 5.14. The van der Waals surface area contributed by atoms with Gasteiger partial charge in [0.15, 0.2) is 0 Å². The van der Waals surface area contributed by atoms with Gasteiger partial charge in [0.05, 0.1) is 13.7 Å². The highest BCUT2D eigenvalue weighted by Gasteiger charge is 1.98. The Hall–Kier alpha value is -2.92. The standard InChI is InChI=1S/C21H18O2/c1-3-23-21-13-10-18-14-17(6-9-19(18)15-21)5-4-16-7-11-20(22-2)12-8-16/h6-15H,3H2,1-2H3. The number of methoxy groups -OCH3 is 1. The van der Waals surface area contributed by atoms with Crippen LogP contribution in [-0.2, 0) is 0 Å². The summed E-state index contributed by atoms with van der Waals surface area (Å²) in [6.45, 7) is 2.67. The molecule has 23 heavy (non-hydrogen) atoms. The monoisotopic (exact) mass is 302 g/mol. The molecular weight excluding hydrogens is 284 g/mol. The molecule has 0 atom stereocenters. The lowest BCUT2D eigenvalue weighted by Gasteiger charge is -2.04. The first-order valence-corrected chi connectivity index (χ1v) is 7.61. The first-order valence-electron chi connectivity index (χ1n) is 7.61. The van der Waals surface area contributed by atoms with E-state index in [2.05, 4.69) is 36.1 Å². The summed E-state index contributed by atoms with van der Waals surface area (Å²) in [6.07, 6.45) is 0. The highest BCUT2D eigenvalue weighted by atomic mass is 16.5. The van der Waals surface area contributed by atoms with Crippen molar-refractivity contribution in [3.63, 3.8) is 0 Å². The summed E-state index contributed by atoms with van der Waals surface area (Å²) in [6, 6.07) is 20.1. The first-order chi connectivity index (χ1) is 11.3. The van der Waals surface area contributed by atoms with Gasteiger partial charge in [-0.05, 0) is 66.2 Å². The number of benzene rings is 3. The van der Waals surface area contributed by atoms with E-state index in [1.807, 2.05) is 43.3 Å². The summed E-state index contributed by atoms with van der Waals surface area (Å²) >= 11 is 0. The average molecular weight is 302 g/mol. The van der Waals surface area contributed by atoms with Crippen molar-refractivity contribution < 1.29 is 9.47 Å². The molecule has 3 rings (SSSR count). The average Bonchev–Trinajstić information content (AvgIpc) is 2.60. The fourth-order valence-electron chi connectivity index (χ4n) is 2.38. The molecular formula is C21H18O2. The Morgan fingerprint density at radius 3 is 2.09 bits per heavy atom. The molecule has 0 aliphatic rings. The van der Waals surface area contributed by atoms with E-state index in [1.165, 1.54) is 0 Å². The van der Waals surface area contributed by atoms with Crippen molar-refractivity contribution in [2.24, 2.45) is 0 Å². The van der Waals surface area contributed by atoms with E-state index in [4.69, 9.17) is 9.47 Å². The van der Waals surface area contributed by atoms with Crippen molar-refractivity contribution in [1.29, 1.82) is 0 Å². The fourth-order valence-corrected chi connectivity index (χ4v) is 2.38. The van der Waals surface area contributed by atoms with Crippen LogP contribution in [0.4, 0.5) is 0 Å². The predicted octanol–water partition coefficient (Wildman–Crippen LogP) is 4.65. The topological polar surface area (TPSA) is 18.5 Å². The van der Waals surface area contributed by atoms with Gasteiger partial charge in [0.25, 0.3) is 0 Å². The maximum absolute atomic E-state index is 5.53. The summed E-state index contributed by atoms with van der Waals surface area (Å²) < 4.78 is 10.7. The maximum atomic E-state index is 5.53. The fraction of sp³-hybridized carbons (Fsp3) is 0.143. The zero-order valence-electron chi connectivity index (χ0n) is 13.3. The van der Waals surface area contributed by atoms with Crippen LogP contribution in [0.15, 0.2) is 60.7 Å². The molecule has 0 bridgehead atoms. The Labute approximate surface area is 136 Å². The second kappa shape index (κ2) is 6.89. The second-order valence-corrected chi connectivity index (χ2v) is 5.14. The van der Waals surface area contributed by atoms with Crippen molar-refractivity contribution in [2.45, 2.75) is 6.92 Å². The summed E-state index contributed by atoms with van der Waals surface area (Å²) in [5.41, 5.74) is 1.97. The summed E-state index contributed by atoms with van der Waals surface area (Å²) in [7, 11) is 1.66. The van der Waals surface area contributed by atoms with Crippen LogP contribution >= 0.6 is 0 Å². The Bertz CT molecular complexity index is 868. The molecule has 2 nitrogen and oxygen atoms in total. The van der Waals surface area contributed by atoms with Gasteiger partial charge in [-0.2, -0.15) is 0 Å². The van der Waals surface area contributed by atoms with Crippen molar-refractivity contribution in [1.82, 2.24) is 0 Å². The molecule has 0 fully saturated rings. The lowest BCUT2D eigenvalue weighted by Crippen LogP contribution is -1.90. The van der Waals surface area contributed by atoms with Crippen LogP contribution < -0.4 is 9.47 Å². The van der Waals surface area contributed by atoms with Gasteiger partial charge in [0.1, 0.15) is 11.5 Å². The number of hydrogen-bond acceptors (Lipinski definition) is 2. The SMILES string of the molecule is CCOc1ccc2cc(C#Cc3ccc(OC)cc3)ccc2c1. The molecule has 0 aliphatic heterocycles. The molecule has 2 heteroatoms. The Morgan fingerprint density at radius 2 is 1.35 bits per heavy atom. The zero-order valence-corrected chi connectivity index (χ0v) is 13.3. The van der Waals surface area contributed by atoms with Gasteiger partial charge >= 0.3 is 0 Å². The molecule has 0 aromatic heterocycles. The maximum Gasteiger partial charge on any atom is 0.119 e. The van der Waals surface area contributed by atoms with Crippen LogP contribution in [-0.4, -0.2) is 13.7 Å². The molecule has 0 heterocycles. The van der Waals surface area contributed by atoms with Crippen molar-refractivity contribution in [3.05, 3.63) is 71.8 Å². The van der Waals surface area contributed by atoms with Crippen molar-refractivity contribution in [2.75, 3.05) is 13.7 Å². The lowest BCUT2D eigenvalue weighted by atomic mass is 10.1. The molecule has 114 valence electrons.